The van der Waals surface area contributed by atoms with E-state index in [9.17, 15) is 14.4 Å². The molecule has 1 aliphatic heterocycles. The van der Waals surface area contributed by atoms with Crippen molar-refractivity contribution >= 4 is 27.8 Å². The van der Waals surface area contributed by atoms with Crippen LogP contribution in [0.3, 0.4) is 0 Å². The summed E-state index contributed by atoms with van der Waals surface area (Å²) in [4.78, 5) is 44.2. The van der Waals surface area contributed by atoms with Gasteiger partial charge in [0.2, 0.25) is 11.3 Å². The quantitative estimate of drug-likeness (QED) is 0.368. The van der Waals surface area contributed by atoms with Crippen LogP contribution in [0.1, 0.15) is 28.7 Å². The number of hydrogen-bond acceptors (Lipinski definition) is 6. The second-order valence-electron chi connectivity index (χ2n) is 9.79. The normalized spacial score (nSPS) is 13.0. The molecule has 1 N–H and O–H groups in total. The molecule has 0 saturated heterocycles. The van der Waals surface area contributed by atoms with Gasteiger partial charge in [-0.05, 0) is 59.4 Å². The molecule has 3 heterocycles. The Morgan fingerprint density at radius 2 is 1.77 bits per heavy atom. The zero-order chi connectivity index (χ0) is 26.9. The molecular weight excluding hydrogens is 494 g/mol. The van der Waals surface area contributed by atoms with Crippen LogP contribution in [0.5, 0.6) is 5.75 Å². The van der Waals surface area contributed by atoms with Crippen LogP contribution in [0.15, 0.2) is 76.3 Å². The predicted octanol–water partition coefficient (Wildman–Crippen LogP) is 3.21. The first-order chi connectivity index (χ1) is 19.0. The van der Waals surface area contributed by atoms with Crippen molar-refractivity contribution in [3.8, 4) is 5.75 Å². The number of amides is 1. The van der Waals surface area contributed by atoms with Gasteiger partial charge in [-0.2, -0.15) is 0 Å². The summed E-state index contributed by atoms with van der Waals surface area (Å²) >= 11 is 0. The number of H-pyrrole nitrogens is 1. The molecule has 2 aromatic heterocycles. The van der Waals surface area contributed by atoms with Crippen LogP contribution in [0, 0.1) is 0 Å². The Kier molecular flexibility index (Phi) is 6.40. The van der Waals surface area contributed by atoms with Crippen LogP contribution >= 0.6 is 0 Å². The second-order valence-corrected chi connectivity index (χ2v) is 9.79. The highest BCUT2D eigenvalue weighted by atomic mass is 16.5. The SMILES string of the molecule is COc1ccc(Cn2nnc3c(=O)[nH]c4cc(CCC(=O)N5CCc6ccccc6C5)ccc4c(=O)c32)cc1. The number of carbonyl (C=O) groups excluding carboxylic acids is 1. The Morgan fingerprint density at radius 3 is 2.56 bits per heavy atom. The van der Waals surface area contributed by atoms with Gasteiger partial charge in [-0.3, -0.25) is 14.4 Å². The third-order valence-corrected chi connectivity index (χ3v) is 7.34. The van der Waals surface area contributed by atoms with E-state index in [0.717, 1.165) is 23.3 Å². The Bertz CT molecular complexity index is 1820. The number of fused-ring (bicyclic) bond motifs is 3. The third kappa shape index (κ3) is 4.79. The number of methoxy groups -OCH3 is 1. The summed E-state index contributed by atoms with van der Waals surface area (Å²) in [6.07, 6.45) is 1.71. The van der Waals surface area contributed by atoms with Crippen LogP contribution in [-0.4, -0.2) is 44.4 Å². The van der Waals surface area contributed by atoms with E-state index in [4.69, 9.17) is 4.74 Å². The lowest BCUT2D eigenvalue weighted by atomic mass is 9.99. The summed E-state index contributed by atoms with van der Waals surface area (Å²) in [5, 5.41) is 8.47. The Balaban J connectivity index is 1.26. The number of aryl methyl sites for hydroxylation is 1. The fourth-order valence-corrected chi connectivity index (χ4v) is 5.18. The first-order valence-corrected chi connectivity index (χ1v) is 12.9. The molecule has 0 unspecified atom stereocenters. The summed E-state index contributed by atoms with van der Waals surface area (Å²) in [6.45, 7) is 1.62. The van der Waals surface area contributed by atoms with E-state index in [-0.39, 0.29) is 28.9 Å². The average Bonchev–Trinajstić information content (AvgIpc) is 3.35. The lowest BCUT2D eigenvalue weighted by molar-refractivity contribution is -0.132. The van der Waals surface area contributed by atoms with Crippen molar-refractivity contribution in [2.75, 3.05) is 13.7 Å². The van der Waals surface area contributed by atoms with Gasteiger partial charge in [0.15, 0.2) is 5.52 Å². The average molecular weight is 522 g/mol. The lowest BCUT2D eigenvalue weighted by Gasteiger charge is -2.29. The highest BCUT2D eigenvalue weighted by Gasteiger charge is 2.20. The number of aromatic amines is 1. The molecule has 196 valence electrons. The first-order valence-electron chi connectivity index (χ1n) is 12.9. The minimum Gasteiger partial charge on any atom is -0.497 e. The molecule has 6 rings (SSSR count). The van der Waals surface area contributed by atoms with E-state index in [2.05, 4.69) is 27.4 Å². The summed E-state index contributed by atoms with van der Waals surface area (Å²) in [5.41, 5.74) is 3.99. The highest BCUT2D eigenvalue weighted by Crippen LogP contribution is 2.20. The molecule has 1 aliphatic rings. The van der Waals surface area contributed by atoms with Crippen LogP contribution in [0.25, 0.3) is 21.9 Å². The number of rotatable bonds is 6. The maximum atomic E-state index is 13.6. The largest absolute Gasteiger partial charge is 0.497 e. The number of nitrogens with zero attached hydrogens (tertiary/aromatic N) is 4. The molecule has 0 spiro atoms. The van der Waals surface area contributed by atoms with E-state index >= 15 is 0 Å². The Hall–Kier alpha value is -4.79. The third-order valence-electron chi connectivity index (χ3n) is 7.34. The summed E-state index contributed by atoms with van der Waals surface area (Å²) in [5.74, 6) is 0.814. The van der Waals surface area contributed by atoms with Gasteiger partial charge in [-0.25, -0.2) is 4.68 Å². The topological polar surface area (TPSA) is 110 Å². The van der Waals surface area contributed by atoms with Crippen LogP contribution in [0.2, 0.25) is 0 Å². The van der Waals surface area contributed by atoms with Crippen molar-refractivity contribution in [2.45, 2.75) is 32.4 Å². The molecule has 0 radical (unpaired) electrons. The van der Waals surface area contributed by atoms with Crippen LogP contribution < -0.4 is 15.7 Å². The Labute approximate surface area is 223 Å². The van der Waals surface area contributed by atoms with Gasteiger partial charge in [0.05, 0.1) is 19.2 Å². The monoisotopic (exact) mass is 521 g/mol. The van der Waals surface area contributed by atoms with Gasteiger partial charge in [0.1, 0.15) is 11.3 Å². The molecule has 1 amide bonds. The zero-order valence-corrected chi connectivity index (χ0v) is 21.5. The van der Waals surface area contributed by atoms with Crippen LogP contribution in [-0.2, 0) is 30.7 Å². The van der Waals surface area contributed by atoms with Crippen molar-refractivity contribution in [3.63, 3.8) is 0 Å². The smallest absolute Gasteiger partial charge is 0.278 e. The molecule has 0 bridgehead atoms. The van der Waals surface area contributed by atoms with Gasteiger partial charge in [0, 0.05) is 24.9 Å². The molecule has 9 nitrogen and oxygen atoms in total. The standard InChI is InChI=1S/C30H27N5O4/c1-39-23-10-6-20(7-11-23)17-35-28-27(32-33-35)30(38)31-25-16-19(8-12-24(25)29(28)37)9-13-26(36)34-15-14-21-4-2-3-5-22(21)18-34/h2-8,10-12,16H,9,13-15,17-18H2,1H3,(H,31,38). The van der Waals surface area contributed by atoms with Crippen molar-refractivity contribution in [2.24, 2.45) is 0 Å². The fourth-order valence-electron chi connectivity index (χ4n) is 5.18. The fraction of sp³-hybridized carbons (Fsp3) is 0.233. The molecule has 5 aromatic rings. The second kappa shape index (κ2) is 10.2. The van der Waals surface area contributed by atoms with Crippen molar-refractivity contribution in [3.05, 3.63) is 110 Å². The van der Waals surface area contributed by atoms with Gasteiger partial charge >= 0.3 is 0 Å². The maximum absolute atomic E-state index is 13.6. The van der Waals surface area contributed by atoms with Crippen molar-refractivity contribution in [1.29, 1.82) is 0 Å². The van der Waals surface area contributed by atoms with E-state index in [1.807, 2.05) is 47.4 Å². The van der Waals surface area contributed by atoms with Crippen LogP contribution in [0.4, 0.5) is 0 Å². The number of nitrogens with one attached hydrogen (secondary N) is 1. The minimum absolute atomic E-state index is 0.00757. The van der Waals surface area contributed by atoms with E-state index in [0.29, 0.717) is 36.8 Å². The minimum atomic E-state index is -0.488. The Morgan fingerprint density at radius 1 is 1.00 bits per heavy atom. The summed E-state index contributed by atoms with van der Waals surface area (Å²) in [6, 6.07) is 20.9. The highest BCUT2D eigenvalue weighted by molar-refractivity contribution is 5.87. The van der Waals surface area contributed by atoms with Gasteiger partial charge in [0.25, 0.3) is 5.56 Å². The van der Waals surface area contributed by atoms with Crippen molar-refractivity contribution < 1.29 is 9.53 Å². The number of benzene rings is 3. The number of carbonyl (C=O) groups is 1. The summed E-state index contributed by atoms with van der Waals surface area (Å²) in [7, 11) is 1.60. The molecule has 39 heavy (non-hydrogen) atoms. The van der Waals surface area contributed by atoms with Crippen molar-refractivity contribution in [1.82, 2.24) is 24.9 Å². The van der Waals surface area contributed by atoms with Gasteiger partial charge in [-0.15, -0.1) is 5.10 Å². The van der Waals surface area contributed by atoms with Gasteiger partial charge < -0.3 is 14.6 Å². The zero-order valence-electron chi connectivity index (χ0n) is 21.5. The maximum Gasteiger partial charge on any atom is 0.278 e. The lowest BCUT2D eigenvalue weighted by Crippen LogP contribution is -2.36. The predicted molar refractivity (Wildman–Crippen MR) is 148 cm³/mol. The molecule has 0 atom stereocenters. The molecular formula is C30H27N5O4. The van der Waals surface area contributed by atoms with Gasteiger partial charge in [-0.1, -0.05) is 47.7 Å². The first kappa shape index (κ1) is 24.5. The molecule has 0 fully saturated rings. The number of aromatic nitrogens is 4. The van der Waals surface area contributed by atoms with E-state index in [1.54, 1.807) is 19.2 Å². The van der Waals surface area contributed by atoms with E-state index < -0.39 is 5.56 Å². The molecule has 0 aliphatic carbocycles. The summed E-state index contributed by atoms with van der Waals surface area (Å²) < 4.78 is 6.66. The van der Waals surface area contributed by atoms with E-state index in [1.165, 1.54) is 15.8 Å². The molecule has 3 aromatic carbocycles. The number of hydrogen-bond donors (Lipinski definition) is 1. The molecule has 0 saturated carbocycles. The number of ether oxygens (including phenoxy) is 1. The molecule has 9 heteroatoms.